The third-order valence-corrected chi connectivity index (χ3v) is 4.01. The van der Waals surface area contributed by atoms with Crippen LogP contribution in [0.2, 0.25) is 0 Å². The van der Waals surface area contributed by atoms with Gasteiger partial charge in [-0.1, -0.05) is 0 Å². The average molecular weight is 286 g/mol. The molecule has 0 bridgehead atoms. The number of amides is 1. The Bertz CT molecular complexity index is 318. The number of nitrogens with zero attached hydrogens (tertiary/aromatic N) is 1. The van der Waals surface area contributed by atoms with Gasteiger partial charge in [0.25, 0.3) is 0 Å². The van der Waals surface area contributed by atoms with E-state index in [1.807, 2.05) is 6.92 Å². The van der Waals surface area contributed by atoms with Crippen LogP contribution in [0.4, 0.5) is 0 Å². The molecule has 2 fully saturated rings. The van der Waals surface area contributed by atoms with Gasteiger partial charge in [0.15, 0.2) is 5.79 Å². The maximum atomic E-state index is 12.1. The minimum atomic E-state index is -0.469. The van der Waals surface area contributed by atoms with Crippen LogP contribution in [0.5, 0.6) is 0 Å². The highest BCUT2D eigenvalue weighted by Gasteiger charge is 2.42. The van der Waals surface area contributed by atoms with Crippen LogP contribution in [0.1, 0.15) is 26.2 Å². The predicted molar refractivity (Wildman–Crippen MR) is 74.4 cm³/mol. The maximum absolute atomic E-state index is 12.1. The molecule has 0 radical (unpaired) electrons. The lowest BCUT2D eigenvalue weighted by molar-refractivity contribution is -0.193. The molecule has 2 aliphatic rings. The summed E-state index contributed by atoms with van der Waals surface area (Å²) in [6.07, 6.45) is 2.76. The van der Waals surface area contributed by atoms with E-state index in [4.69, 9.17) is 14.2 Å². The second kappa shape index (κ2) is 7.36. The number of rotatable bonds is 6. The molecule has 1 spiro atoms. The van der Waals surface area contributed by atoms with Crippen LogP contribution in [0.15, 0.2) is 0 Å². The van der Waals surface area contributed by atoms with Crippen LogP contribution in [0.3, 0.4) is 0 Å². The number of methoxy groups -OCH3 is 1. The second-order valence-electron chi connectivity index (χ2n) is 5.49. The molecule has 20 heavy (non-hydrogen) atoms. The SMILES string of the molecule is COCCCNC(=O)C(C)N1CCCC2(C1)OCCO2. The largest absolute Gasteiger partial charge is 0.385 e. The summed E-state index contributed by atoms with van der Waals surface area (Å²) in [5.41, 5.74) is 0. The molecule has 0 aromatic heterocycles. The van der Waals surface area contributed by atoms with Crippen molar-refractivity contribution in [2.24, 2.45) is 0 Å². The number of hydrogen-bond acceptors (Lipinski definition) is 5. The number of nitrogens with one attached hydrogen (secondary N) is 1. The molecule has 2 saturated heterocycles. The van der Waals surface area contributed by atoms with E-state index in [-0.39, 0.29) is 11.9 Å². The zero-order valence-electron chi connectivity index (χ0n) is 12.5. The number of likely N-dealkylation sites (tertiary alicyclic amines) is 1. The van der Waals surface area contributed by atoms with E-state index in [0.717, 1.165) is 25.8 Å². The Morgan fingerprint density at radius 3 is 2.90 bits per heavy atom. The van der Waals surface area contributed by atoms with Crippen molar-refractivity contribution < 1.29 is 19.0 Å². The molecule has 2 aliphatic heterocycles. The first-order chi connectivity index (χ1) is 9.67. The third kappa shape index (κ3) is 3.91. The van der Waals surface area contributed by atoms with Crippen molar-refractivity contribution in [3.63, 3.8) is 0 Å². The summed E-state index contributed by atoms with van der Waals surface area (Å²) in [6, 6.07) is -0.150. The van der Waals surface area contributed by atoms with Gasteiger partial charge in [0.2, 0.25) is 5.91 Å². The van der Waals surface area contributed by atoms with Crippen molar-refractivity contribution >= 4 is 5.91 Å². The van der Waals surface area contributed by atoms with Gasteiger partial charge in [0.1, 0.15) is 0 Å². The smallest absolute Gasteiger partial charge is 0.237 e. The Balaban J connectivity index is 1.78. The maximum Gasteiger partial charge on any atom is 0.237 e. The van der Waals surface area contributed by atoms with E-state index >= 15 is 0 Å². The number of hydrogen-bond donors (Lipinski definition) is 1. The molecule has 2 heterocycles. The molecule has 1 N–H and O–H groups in total. The van der Waals surface area contributed by atoms with E-state index in [1.165, 1.54) is 0 Å². The number of carbonyl (C=O) groups excluding carboxylic acids is 1. The fourth-order valence-electron chi connectivity index (χ4n) is 2.82. The number of piperidine rings is 1. The average Bonchev–Trinajstić information content (AvgIpc) is 2.90. The van der Waals surface area contributed by atoms with Crippen LogP contribution in [0.25, 0.3) is 0 Å². The molecule has 6 heteroatoms. The molecule has 1 unspecified atom stereocenters. The van der Waals surface area contributed by atoms with E-state index in [1.54, 1.807) is 7.11 Å². The summed E-state index contributed by atoms with van der Waals surface area (Å²) in [5, 5.41) is 2.95. The van der Waals surface area contributed by atoms with Gasteiger partial charge in [0, 0.05) is 26.7 Å². The van der Waals surface area contributed by atoms with Gasteiger partial charge < -0.3 is 19.5 Å². The summed E-state index contributed by atoms with van der Waals surface area (Å²) in [6.45, 7) is 6.18. The normalized spacial score (nSPS) is 23.9. The van der Waals surface area contributed by atoms with Crippen molar-refractivity contribution in [2.45, 2.75) is 38.0 Å². The van der Waals surface area contributed by atoms with Gasteiger partial charge in [0.05, 0.1) is 25.8 Å². The first-order valence-corrected chi connectivity index (χ1v) is 7.45. The lowest BCUT2D eigenvalue weighted by atomic mass is 10.0. The monoisotopic (exact) mass is 286 g/mol. The predicted octanol–water partition coefficient (Wildman–Crippen LogP) is 0.367. The zero-order valence-corrected chi connectivity index (χ0v) is 12.5. The highest BCUT2D eigenvalue weighted by Crippen LogP contribution is 2.30. The molecular weight excluding hydrogens is 260 g/mol. The fraction of sp³-hybridized carbons (Fsp3) is 0.929. The topological polar surface area (TPSA) is 60.0 Å². The minimum absolute atomic E-state index is 0.0659. The van der Waals surface area contributed by atoms with E-state index < -0.39 is 5.79 Å². The molecule has 2 rings (SSSR count). The molecule has 0 aromatic carbocycles. The van der Waals surface area contributed by atoms with Crippen molar-refractivity contribution in [3.8, 4) is 0 Å². The summed E-state index contributed by atoms with van der Waals surface area (Å²) in [7, 11) is 1.67. The van der Waals surface area contributed by atoms with Crippen molar-refractivity contribution in [1.29, 1.82) is 0 Å². The molecule has 1 atom stereocenters. The van der Waals surface area contributed by atoms with Crippen LogP contribution in [-0.4, -0.2) is 69.2 Å². The van der Waals surface area contributed by atoms with Gasteiger partial charge in [-0.25, -0.2) is 0 Å². The van der Waals surface area contributed by atoms with Gasteiger partial charge in [-0.05, 0) is 26.3 Å². The molecule has 0 aromatic rings. The lowest BCUT2D eigenvalue weighted by Gasteiger charge is -2.40. The highest BCUT2D eigenvalue weighted by atomic mass is 16.7. The first-order valence-electron chi connectivity index (χ1n) is 7.45. The highest BCUT2D eigenvalue weighted by molar-refractivity contribution is 5.81. The quantitative estimate of drug-likeness (QED) is 0.715. The molecule has 0 saturated carbocycles. The van der Waals surface area contributed by atoms with Crippen molar-refractivity contribution in [3.05, 3.63) is 0 Å². The van der Waals surface area contributed by atoms with E-state index in [0.29, 0.717) is 32.9 Å². The Labute approximate surface area is 120 Å². The van der Waals surface area contributed by atoms with E-state index in [9.17, 15) is 4.79 Å². The molecule has 6 nitrogen and oxygen atoms in total. The van der Waals surface area contributed by atoms with E-state index in [2.05, 4.69) is 10.2 Å². The van der Waals surface area contributed by atoms with Gasteiger partial charge in [-0.3, -0.25) is 9.69 Å². The van der Waals surface area contributed by atoms with Crippen LogP contribution >= 0.6 is 0 Å². The minimum Gasteiger partial charge on any atom is -0.385 e. The third-order valence-electron chi connectivity index (χ3n) is 4.01. The Morgan fingerprint density at radius 2 is 2.20 bits per heavy atom. The van der Waals surface area contributed by atoms with Crippen LogP contribution in [-0.2, 0) is 19.0 Å². The summed E-state index contributed by atoms with van der Waals surface area (Å²) in [4.78, 5) is 14.3. The zero-order chi connectivity index (χ0) is 14.4. The fourth-order valence-corrected chi connectivity index (χ4v) is 2.82. The molecule has 1 amide bonds. The van der Waals surface area contributed by atoms with Gasteiger partial charge in [-0.15, -0.1) is 0 Å². The Kier molecular flexibility index (Phi) is 5.77. The van der Waals surface area contributed by atoms with Gasteiger partial charge >= 0.3 is 0 Å². The summed E-state index contributed by atoms with van der Waals surface area (Å²) in [5.74, 6) is -0.404. The van der Waals surface area contributed by atoms with Crippen LogP contribution < -0.4 is 5.32 Å². The van der Waals surface area contributed by atoms with Gasteiger partial charge in [-0.2, -0.15) is 0 Å². The van der Waals surface area contributed by atoms with Crippen LogP contribution in [0, 0.1) is 0 Å². The molecular formula is C14H26N2O4. The molecule has 116 valence electrons. The second-order valence-corrected chi connectivity index (χ2v) is 5.49. The Hall–Kier alpha value is -0.690. The first kappa shape index (κ1) is 15.7. The number of carbonyl (C=O) groups is 1. The molecule has 0 aliphatic carbocycles. The summed E-state index contributed by atoms with van der Waals surface area (Å²) < 4.78 is 16.5. The van der Waals surface area contributed by atoms with Crippen molar-refractivity contribution in [1.82, 2.24) is 10.2 Å². The number of ether oxygens (including phenoxy) is 3. The standard InChI is InChI=1S/C14H26N2O4/c1-12(13(17)15-6-4-8-18-2)16-7-3-5-14(11-16)19-9-10-20-14/h12H,3-11H2,1-2H3,(H,15,17). The van der Waals surface area contributed by atoms with Crippen molar-refractivity contribution in [2.75, 3.05) is 46.6 Å². The summed E-state index contributed by atoms with van der Waals surface area (Å²) >= 11 is 0. The Morgan fingerprint density at radius 1 is 1.45 bits per heavy atom. The lowest BCUT2D eigenvalue weighted by Crippen LogP contribution is -2.55.